The Morgan fingerprint density at radius 2 is 2.27 bits per heavy atom. The molecule has 0 bridgehead atoms. The van der Waals surface area contributed by atoms with Gasteiger partial charge in [0.2, 0.25) is 5.91 Å². The van der Waals surface area contributed by atoms with Crippen molar-refractivity contribution in [3.8, 4) is 0 Å². The standard InChI is InChI=1S/C15H15N3O2S2/c1-9-7-11(18-20-9)8-16-14(19)10(2)21-15-17-12-5-3-4-6-13(12)22-15/h3-7,10H,8H2,1-2H3,(H,16,19)/t10-/m1/s1. The number of nitrogens with one attached hydrogen (secondary N) is 1. The third-order valence-corrected chi connectivity index (χ3v) is 5.27. The van der Waals surface area contributed by atoms with Crippen molar-refractivity contribution in [2.24, 2.45) is 0 Å². The fourth-order valence-corrected chi connectivity index (χ4v) is 4.16. The predicted octanol–water partition coefficient (Wildman–Crippen LogP) is 3.39. The minimum atomic E-state index is -0.214. The minimum Gasteiger partial charge on any atom is -0.361 e. The maximum atomic E-state index is 12.1. The molecule has 1 amide bonds. The number of aryl methyl sites for hydroxylation is 1. The van der Waals surface area contributed by atoms with Crippen LogP contribution in [-0.2, 0) is 11.3 Å². The second-order valence-electron chi connectivity index (χ2n) is 4.85. The molecule has 3 rings (SSSR count). The molecule has 0 aliphatic carbocycles. The average molecular weight is 333 g/mol. The zero-order valence-electron chi connectivity index (χ0n) is 12.2. The number of carbonyl (C=O) groups excluding carboxylic acids is 1. The van der Waals surface area contributed by atoms with Gasteiger partial charge in [0, 0.05) is 6.07 Å². The van der Waals surface area contributed by atoms with E-state index in [1.807, 2.05) is 44.2 Å². The van der Waals surface area contributed by atoms with Crippen molar-refractivity contribution in [3.05, 3.63) is 41.8 Å². The lowest BCUT2D eigenvalue weighted by atomic mass is 10.3. The Morgan fingerprint density at radius 3 is 3.00 bits per heavy atom. The Hall–Kier alpha value is -1.86. The molecular weight excluding hydrogens is 318 g/mol. The van der Waals surface area contributed by atoms with E-state index in [9.17, 15) is 4.79 Å². The van der Waals surface area contributed by atoms with Gasteiger partial charge in [-0.25, -0.2) is 4.98 Å². The van der Waals surface area contributed by atoms with Crippen LogP contribution in [-0.4, -0.2) is 21.3 Å². The summed E-state index contributed by atoms with van der Waals surface area (Å²) in [6.45, 7) is 4.07. The van der Waals surface area contributed by atoms with Gasteiger partial charge in [0.15, 0.2) is 4.34 Å². The van der Waals surface area contributed by atoms with Crippen molar-refractivity contribution in [3.63, 3.8) is 0 Å². The lowest BCUT2D eigenvalue weighted by molar-refractivity contribution is -0.120. The van der Waals surface area contributed by atoms with Gasteiger partial charge >= 0.3 is 0 Å². The molecule has 1 N–H and O–H groups in total. The van der Waals surface area contributed by atoms with Crippen molar-refractivity contribution in [1.29, 1.82) is 0 Å². The largest absolute Gasteiger partial charge is 0.361 e. The van der Waals surface area contributed by atoms with E-state index in [4.69, 9.17) is 4.52 Å². The van der Waals surface area contributed by atoms with Gasteiger partial charge in [-0.1, -0.05) is 29.1 Å². The first kappa shape index (κ1) is 15.1. The first-order valence-corrected chi connectivity index (χ1v) is 8.53. The minimum absolute atomic E-state index is 0.0371. The second kappa shape index (κ2) is 6.50. The fraction of sp³-hybridized carbons (Fsp3) is 0.267. The summed E-state index contributed by atoms with van der Waals surface area (Å²) in [6, 6.07) is 9.78. The summed E-state index contributed by atoms with van der Waals surface area (Å²) in [7, 11) is 0. The highest BCUT2D eigenvalue weighted by atomic mass is 32.2. The molecule has 0 fully saturated rings. The molecule has 0 aliphatic rings. The van der Waals surface area contributed by atoms with Crippen LogP contribution in [0.25, 0.3) is 10.2 Å². The van der Waals surface area contributed by atoms with Gasteiger partial charge in [0.05, 0.1) is 22.0 Å². The van der Waals surface area contributed by atoms with Crippen LogP contribution in [0.2, 0.25) is 0 Å². The van der Waals surface area contributed by atoms with Crippen LogP contribution < -0.4 is 5.32 Å². The molecule has 7 heteroatoms. The van der Waals surface area contributed by atoms with E-state index in [0.717, 1.165) is 26.0 Å². The normalized spacial score (nSPS) is 12.5. The SMILES string of the molecule is Cc1cc(CNC(=O)[C@@H](C)Sc2nc3ccccc3s2)no1. The maximum Gasteiger partial charge on any atom is 0.233 e. The maximum absolute atomic E-state index is 12.1. The number of thiazole rings is 1. The van der Waals surface area contributed by atoms with Crippen LogP contribution in [0.15, 0.2) is 39.2 Å². The van der Waals surface area contributed by atoms with Gasteiger partial charge < -0.3 is 9.84 Å². The predicted molar refractivity (Wildman–Crippen MR) is 88.0 cm³/mol. The number of aromatic nitrogens is 2. The van der Waals surface area contributed by atoms with E-state index in [0.29, 0.717) is 6.54 Å². The number of hydrogen-bond donors (Lipinski definition) is 1. The Kier molecular flexibility index (Phi) is 4.44. The van der Waals surface area contributed by atoms with E-state index >= 15 is 0 Å². The molecular formula is C15H15N3O2S2. The molecule has 0 saturated carbocycles. The quantitative estimate of drug-likeness (QED) is 0.725. The van der Waals surface area contributed by atoms with E-state index in [1.54, 1.807) is 11.3 Å². The van der Waals surface area contributed by atoms with E-state index in [2.05, 4.69) is 15.5 Å². The molecule has 1 aromatic carbocycles. The highest BCUT2D eigenvalue weighted by Gasteiger charge is 2.17. The number of carbonyl (C=O) groups is 1. The number of nitrogens with zero attached hydrogens (tertiary/aromatic N) is 2. The van der Waals surface area contributed by atoms with E-state index in [1.165, 1.54) is 11.8 Å². The summed E-state index contributed by atoms with van der Waals surface area (Å²) < 4.78 is 7.01. The van der Waals surface area contributed by atoms with Crippen molar-refractivity contribution in [1.82, 2.24) is 15.5 Å². The topological polar surface area (TPSA) is 68.0 Å². The van der Waals surface area contributed by atoms with Gasteiger partial charge in [-0.3, -0.25) is 4.79 Å². The third-order valence-electron chi connectivity index (χ3n) is 3.04. The van der Waals surface area contributed by atoms with Gasteiger partial charge in [-0.05, 0) is 26.0 Å². The number of hydrogen-bond acceptors (Lipinski definition) is 6. The Labute approximate surface area is 136 Å². The van der Waals surface area contributed by atoms with Crippen LogP contribution in [0.1, 0.15) is 18.4 Å². The van der Waals surface area contributed by atoms with Crippen LogP contribution in [0.4, 0.5) is 0 Å². The summed E-state index contributed by atoms with van der Waals surface area (Å²) in [5.41, 5.74) is 1.70. The van der Waals surface area contributed by atoms with Gasteiger partial charge in [-0.15, -0.1) is 11.3 Å². The van der Waals surface area contributed by atoms with Crippen LogP contribution >= 0.6 is 23.1 Å². The van der Waals surface area contributed by atoms with Crippen LogP contribution in [0.3, 0.4) is 0 Å². The number of para-hydroxylation sites is 1. The average Bonchev–Trinajstić information content (AvgIpc) is 3.09. The van der Waals surface area contributed by atoms with Crippen LogP contribution in [0, 0.1) is 6.92 Å². The number of thioether (sulfide) groups is 1. The number of fused-ring (bicyclic) bond motifs is 1. The number of amides is 1. The third kappa shape index (κ3) is 3.48. The lowest BCUT2D eigenvalue weighted by Gasteiger charge is -2.08. The molecule has 5 nitrogen and oxygen atoms in total. The van der Waals surface area contributed by atoms with Gasteiger partial charge in [0.1, 0.15) is 11.5 Å². The summed E-state index contributed by atoms with van der Waals surface area (Å²) in [5, 5.41) is 6.50. The second-order valence-corrected chi connectivity index (χ2v) is 7.47. The van der Waals surface area contributed by atoms with Gasteiger partial charge in [-0.2, -0.15) is 0 Å². The Bertz CT molecular complexity index is 764. The smallest absolute Gasteiger partial charge is 0.233 e. The number of benzene rings is 1. The van der Waals surface area contributed by atoms with E-state index < -0.39 is 0 Å². The zero-order valence-corrected chi connectivity index (χ0v) is 13.8. The molecule has 114 valence electrons. The highest BCUT2D eigenvalue weighted by molar-refractivity contribution is 8.02. The lowest BCUT2D eigenvalue weighted by Crippen LogP contribution is -2.30. The van der Waals surface area contributed by atoms with Crippen molar-refractivity contribution >= 4 is 39.2 Å². The summed E-state index contributed by atoms with van der Waals surface area (Å²) in [6.07, 6.45) is 0. The van der Waals surface area contributed by atoms with E-state index in [-0.39, 0.29) is 11.2 Å². The van der Waals surface area contributed by atoms with Gasteiger partial charge in [0.25, 0.3) is 0 Å². The van der Waals surface area contributed by atoms with Crippen molar-refractivity contribution in [2.45, 2.75) is 30.0 Å². The van der Waals surface area contributed by atoms with Crippen molar-refractivity contribution in [2.75, 3.05) is 0 Å². The molecule has 0 spiro atoms. The molecule has 3 aromatic rings. The molecule has 1 atom stereocenters. The summed E-state index contributed by atoms with van der Waals surface area (Å²) in [5.74, 6) is 0.700. The fourth-order valence-electron chi connectivity index (χ4n) is 1.93. The summed E-state index contributed by atoms with van der Waals surface area (Å²) in [4.78, 5) is 16.7. The molecule has 0 saturated heterocycles. The molecule has 0 radical (unpaired) electrons. The first-order valence-electron chi connectivity index (χ1n) is 6.84. The summed E-state index contributed by atoms with van der Waals surface area (Å²) >= 11 is 3.07. The molecule has 22 heavy (non-hydrogen) atoms. The molecule has 0 unspecified atom stereocenters. The number of rotatable bonds is 5. The monoisotopic (exact) mass is 333 g/mol. The van der Waals surface area contributed by atoms with Crippen LogP contribution in [0.5, 0.6) is 0 Å². The molecule has 0 aliphatic heterocycles. The Morgan fingerprint density at radius 1 is 1.45 bits per heavy atom. The molecule has 2 aromatic heterocycles. The molecule has 2 heterocycles. The Balaban J connectivity index is 1.58. The van der Waals surface area contributed by atoms with Crippen molar-refractivity contribution < 1.29 is 9.32 Å². The highest BCUT2D eigenvalue weighted by Crippen LogP contribution is 2.31. The zero-order chi connectivity index (χ0) is 15.5. The first-order chi connectivity index (χ1) is 10.6.